The molecule has 1 aliphatic rings. The zero-order valence-corrected chi connectivity index (χ0v) is 13.2. The first-order valence-electron chi connectivity index (χ1n) is 5.63. The molecule has 0 aromatic carbocycles. The van der Waals surface area contributed by atoms with E-state index in [2.05, 4.69) is 15.9 Å². The van der Waals surface area contributed by atoms with Gasteiger partial charge < -0.3 is 0 Å². The Morgan fingerprint density at radius 2 is 2.18 bits per heavy atom. The summed E-state index contributed by atoms with van der Waals surface area (Å²) in [5.74, 6) is 0.553. The minimum atomic E-state index is -3.31. The van der Waals surface area contributed by atoms with Crippen LogP contribution in [0.3, 0.4) is 0 Å². The van der Waals surface area contributed by atoms with Crippen LogP contribution in [0.25, 0.3) is 0 Å². The van der Waals surface area contributed by atoms with Gasteiger partial charge in [-0.3, -0.25) is 0 Å². The van der Waals surface area contributed by atoms with E-state index < -0.39 is 10.0 Å². The van der Waals surface area contributed by atoms with Crippen LogP contribution in [0.4, 0.5) is 0 Å². The van der Waals surface area contributed by atoms with Gasteiger partial charge in [-0.2, -0.15) is 0 Å². The van der Waals surface area contributed by atoms with Crippen molar-refractivity contribution in [3.05, 3.63) is 14.7 Å². The van der Waals surface area contributed by atoms with Crippen molar-refractivity contribution in [2.45, 2.75) is 31.1 Å². The molecule has 0 radical (unpaired) electrons. The third-order valence-corrected chi connectivity index (χ3v) is 6.90. The molecule has 2 rings (SSSR count). The fraction of sp³-hybridized carbons (Fsp3) is 0.636. The van der Waals surface area contributed by atoms with Gasteiger partial charge in [-0.25, -0.2) is 12.7 Å². The molecule has 1 aromatic heterocycles. The maximum atomic E-state index is 12.4. The average Bonchev–Trinajstić information content (AvgIpc) is 2.51. The van der Waals surface area contributed by atoms with Gasteiger partial charge in [-0.1, -0.05) is 6.42 Å². The standard InChI is InChI=1S/C11H16BrNO2S2/c1-8-10(6-11(12)16-8)17(14,15)13(2)7-9-4-3-5-9/h6,9H,3-5,7H2,1-2H3. The third-order valence-electron chi connectivity index (χ3n) is 3.27. The van der Waals surface area contributed by atoms with Crippen LogP contribution in [0.1, 0.15) is 24.1 Å². The molecule has 0 spiro atoms. The molecule has 6 heteroatoms. The Morgan fingerprint density at radius 3 is 2.59 bits per heavy atom. The zero-order valence-electron chi connectivity index (χ0n) is 9.94. The molecular formula is C11H16BrNO2S2. The summed E-state index contributed by atoms with van der Waals surface area (Å²) < 4.78 is 27.1. The molecule has 3 nitrogen and oxygen atoms in total. The number of sulfonamides is 1. The van der Waals surface area contributed by atoms with Gasteiger partial charge in [0.2, 0.25) is 10.0 Å². The van der Waals surface area contributed by atoms with E-state index in [1.807, 2.05) is 6.92 Å². The summed E-state index contributed by atoms with van der Waals surface area (Å²) in [6.07, 6.45) is 3.56. The molecule has 0 unspecified atom stereocenters. The van der Waals surface area contributed by atoms with E-state index in [4.69, 9.17) is 0 Å². The number of nitrogens with zero attached hydrogens (tertiary/aromatic N) is 1. The molecule has 0 aliphatic heterocycles. The van der Waals surface area contributed by atoms with Crippen LogP contribution in [-0.2, 0) is 10.0 Å². The number of aryl methyl sites for hydroxylation is 1. The van der Waals surface area contributed by atoms with Crippen LogP contribution in [0.2, 0.25) is 0 Å². The SMILES string of the molecule is Cc1sc(Br)cc1S(=O)(=O)N(C)CC1CCC1. The van der Waals surface area contributed by atoms with E-state index in [0.29, 0.717) is 17.4 Å². The zero-order chi connectivity index (χ0) is 12.6. The highest BCUT2D eigenvalue weighted by Crippen LogP contribution is 2.33. The first kappa shape index (κ1) is 13.5. The topological polar surface area (TPSA) is 37.4 Å². The van der Waals surface area contributed by atoms with Crippen LogP contribution >= 0.6 is 27.3 Å². The first-order chi connectivity index (χ1) is 7.91. The number of hydrogen-bond acceptors (Lipinski definition) is 3. The number of rotatable bonds is 4. The minimum absolute atomic E-state index is 0.441. The third kappa shape index (κ3) is 2.75. The van der Waals surface area contributed by atoms with Gasteiger partial charge in [0.05, 0.1) is 8.68 Å². The van der Waals surface area contributed by atoms with Crippen molar-refractivity contribution in [3.8, 4) is 0 Å². The monoisotopic (exact) mass is 337 g/mol. The largest absolute Gasteiger partial charge is 0.243 e. The molecule has 0 amide bonds. The lowest BCUT2D eigenvalue weighted by Crippen LogP contribution is -2.34. The van der Waals surface area contributed by atoms with Crippen molar-refractivity contribution in [2.24, 2.45) is 5.92 Å². The summed E-state index contributed by atoms with van der Waals surface area (Å²) in [6, 6.07) is 1.70. The van der Waals surface area contributed by atoms with Crippen LogP contribution in [0.5, 0.6) is 0 Å². The highest BCUT2D eigenvalue weighted by atomic mass is 79.9. The van der Waals surface area contributed by atoms with Crippen molar-refractivity contribution in [1.82, 2.24) is 4.31 Å². The molecule has 1 aromatic rings. The van der Waals surface area contributed by atoms with Crippen LogP contribution < -0.4 is 0 Å². The van der Waals surface area contributed by atoms with Gasteiger partial charge in [0, 0.05) is 18.5 Å². The van der Waals surface area contributed by atoms with E-state index in [9.17, 15) is 8.42 Å². The Hall–Kier alpha value is 0.0900. The molecule has 17 heavy (non-hydrogen) atoms. The van der Waals surface area contributed by atoms with Gasteiger partial charge in [-0.15, -0.1) is 11.3 Å². The Bertz CT molecular complexity index is 506. The van der Waals surface area contributed by atoms with Crippen molar-refractivity contribution in [2.75, 3.05) is 13.6 Å². The second-order valence-electron chi connectivity index (χ2n) is 4.55. The summed E-state index contributed by atoms with van der Waals surface area (Å²) >= 11 is 4.80. The highest BCUT2D eigenvalue weighted by molar-refractivity contribution is 9.11. The van der Waals surface area contributed by atoms with Gasteiger partial charge in [0.15, 0.2) is 0 Å². The molecule has 1 saturated carbocycles. The van der Waals surface area contributed by atoms with Crippen molar-refractivity contribution < 1.29 is 8.42 Å². The van der Waals surface area contributed by atoms with E-state index in [0.717, 1.165) is 21.5 Å². The molecule has 0 atom stereocenters. The Labute approximate surface area is 115 Å². The van der Waals surface area contributed by atoms with Crippen molar-refractivity contribution in [1.29, 1.82) is 0 Å². The average molecular weight is 338 g/mol. The van der Waals surface area contributed by atoms with Gasteiger partial charge in [0.25, 0.3) is 0 Å². The summed E-state index contributed by atoms with van der Waals surface area (Å²) in [5.41, 5.74) is 0. The molecule has 96 valence electrons. The molecule has 0 bridgehead atoms. The first-order valence-corrected chi connectivity index (χ1v) is 8.68. The normalized spacial score (nSPS) is 17.4. The van der Waals surface area contributed by atoms with Crippen molar-refractivity contribution in [3.63, 3.8) is 0 Å². The number of thiophene rings is 1. The van der Waals surface area contributed by atoms with Crippen LogP contribution in [0, 0.1) is 12.8 Å². The van der Waals surface area contributed by atoms with Gasteiger partial charge >= 0.3 is 0 Å². The lowest BCUT2D eigenvalue weighted by molar-refractivity contribution is 0.263. The summed E-state index contributed by atoms with van der Waals surface area (Å²) in [6.45, 7) is 2.49. The molecule has 1 heterocycles. The molecule has 1 fully saturated rings. The lowest BCUT2D eigenvalue weighted by Gasteiger charge is -2.29. The Morgan fingerprint density at radius 1 is 1.53 bits per heavy atom. The van der Waals surface area contributed by atoms with E-state index in [1.54, 1.807) is 13.1 Å². The molecule has 0 N–H and O–H groups in total. The second kappa shape index (κ2) is 4.99. The predicted molar refractivity (Wildman–Crippen MR) is 73.9 cm³/mol. The number of halogens is 1. The lowest BCUT2D eigenvalue weighted by atomic mass is 9.86. The van der Waals surface area contributed by atoms with E-state index >= 15 is 0 Å². The van der Waals surface area contributed by atoms with E-state index in [-0.39, 0.29) is 0 Å². The summed E-state index contributed by atoms with van der Waals surface area (Å²) in [4.78, 5) is 1.29. The van der Waals surface area contributed by atoms with Gasteiger partial charge in [0.1, 0.15) is 0 Å². The van der Waals surface area contributed by atoms with Crippen LogP contribution in [0.15, 0.2) is 14.7 Å². The summed E-state index contributed by atoms with van der Waals surface area (Å²) in [5, 5.41) is 0. The fourth-order valence-corrected chi connectivity index (χ4v) is 5.62. The van der Waals surface area contributed by atoms with Crippen LogP contribution in [-0.4, -0.2) is 26.3 Å². The van der Waals surface area contributed by atoms with Crippen molar-refractivity contribution >= 4 is 37.3 Å². The fourth-order valence-electron chi connectivity index (χ4n) is 1.99. The quantitative estimate of drug-likeness (QED) is 0.845. The van der Waals surface area contributed by atoms with E-state index in [1.165, 1.54) is 22.1 Å². The number of hydrogen-bond donors (Lipinski definition) is 0. The Kier molecular flexibility index (Phi) is 3.97. The summed E-state index contributed by atoms with van der Waals surface area (Å²) in [7, 11) is -1.63. The van der Waals surface area contributed by atoms with Gasteiger partial charge in [-0.05, 0) is 47.7 Å². The second-order valence-corrected chi connectivity index (χ2v) is 9.20. The maximum absolute atomic E-state index is 12.4. The Balaban J connectivity index is 2.19. The highest BCUT2D eigenvalue weighted by Gasteiger charge is 2.28. The maximum Gasteiger partial charge on any atom is 0.243 e. The predicted octanol–water partition coefficient (Wildman–Crippen LogP) is 3.24. The smallest absolute Gasteiger partial charge is 0.207 e. The minimum Gasteiger partial charge on any atom is -0.207 e. The molecule has 1 aliphatic carbocycles. The molecule has 0 saturated heterocycles. The molecular weight excluding hydrogens is 322 g/mol.